The van der Waals surface area contributed by atoms with Crippen molar-refractivity contribution >= 4 is 16.1 Å². The van der Waals surface area contributed by atoms with Gasteiger partial charge in [0, 0.05) is 23.4 Å². The highest BCUT2D eigenvalue weighted by atomic mass is 31.2. The molecule has 13 nitrogen and oxygen atoms in total. The number of nitrogens with zero attached hydrogens (tertiary/aromatic N) is 2. The summed E-state index contributed by atoms with van der Waals surface area (Å²) in [4.78, 5) is 42.9. The average Bonchev–Trinajstić information content (AvgIpc) is 3.00. The van der Waals surface area contributed by atoms with E-state index < -0.39 is 58.5 Å². The van der Waals surface area contributed by atoms with Gasteiger partial charge in [0.05, 0.1) is 6.61 Å². The number of ether oxygens (including phenoxy) is 1. The van der Waals surface area contributed by atoms with Crippen LogP contribution in [-0.2, 0) is 35.7 Å². The van der Waals surface area contributed by atoms with Crippen molar-refractivity contribution in [2.45, 2.75) is 37.5 Å². The second-order valence-electron chi connectivity index (χ2n) is 6.86. The molecule has 4 N–H and O–H groups in total. The largest absolute Gasteiger partial charge is 0.705 e. The molecule has 6 atom stereocenters. The van der Waals surface area contributed by atoms with Crippen LogP contribution in [0.3, 0.4) is 0 Å². The first-order valence-electron chi connectivity index (χ1n) is 9.30. The molecule has 2 heterocycles. The van der Waals surface area contributed by atoms with E-state index in [2.05, 4.69) is 8.83 Å². The molecule has 0 bridgehead atoms. The minimum Gasteiger partial charge on any atom is -0.387 e. The van der Waals surface area contributed by atoms with Crippen LogP contribution in [0.2, 0.25) is 0 Å². The van der Waals surface area contributed by atoms with Crippen molar-refractivity contribution in [2.75, 3.05) is 6.61 Å². The molecule has 1 aliphatic rings. The van der Waals surface area contributed by atoms with Crippen LogP contribution in [-0.4, -0.2) is 54.1 Å². The Morgan fingerprint density at radius 2 is 1.81 bits per heavy atom. The zero-order valence-corrected chi connectivity index (χ0v) is 18.2. The van der Waals surface area contributed by atoms with Crippen LogP contribution in [0.25, 0.3) is 0 Å². The van der Waals surface area contributed by atoms with Gasteiger partial charge >= 0.3 is 21.8 Å². The minimum absolute atomic E-state index is 0.0603. The van der Waals surface area contributed by atoms with Crippen LogP contribution in [0.15, 0.2) is 52.2 Å². The van der Waals surface area contributed by atoms with Crippen LogP contribution >= 0.6 is 16.1 Å². The number of aliphatic hydroxyl groups excluding tert-OH is 2. The summed E-state index contributed by atoms with van der Waals surface area (Å²) in [6.45, 7) is -0.737. The molecule has 174 valence electrons. The average molecular weight is 491 g/mol. The van der Waals surface area contributed by atoms with Crippen molar-refractivity contribution in [1.29, 1.82) is 0 Å². The number of benzene rings is 1. The maximum absolute atomic E-state index is 12.9. The molecule has 15 heteroatoms. The Kier molecular flexibility index (Phi) is 7.88. The summed E-state index contributed by atoms with van der Waals surface area (Å²) in [5.41, 5.74) is -0.453. The summed E-state index contributed by atoms with van der Waals surface area (Å²) in [5, 5.41) is 20.5. The lowest BCUT2D eigenvalue weighted by Crippen LogP contribution is -2.43. The molecule has 1 saturated heterocycles. The van der Waals surface area contributed by atoms with Gasteiger partial charge in [-0.3, -0.25) is 23.3 Å². The Bertz CT molecular complexity index is 1120. The second kappa shape index (κ2) is 10.3. The molecule has 0 saturated carbocycles. The predicted molar refractivity (Wildman–Crippen MR) is 108 cm³/mol. The maximum Gasteiger partial charge on any atom is 0.705 e. The van der Waals surface area contributed by atoms with Gasteiger partial charge in [0.15, 0.2) is 6.23 Å². The predicted octanol–water partition coefficient (Wildman–Crippen LogP) is -0.345. The molecule has 0 aliphatic carbocycles. The van der Waals surface area contributed by atoms with E-state index in [4.69, 9.17) is 9.63 Å². The summed E-state index contributed by atoms with van der Waals surface area (Å²) >= 11 is 0. The first-order valence-corrected chi connectivity index (χ1v) is 11.9. The highest BCUT2D eigenvalue weighted by Crippen LogP contribution is 2.51. The first-order chi connectivity index (χ1) is 15.1. The van der Waals surface area contributed by atoms with Gasteiger partial charge in [-0.1, -0.05) is 30.3 Å². The smallest absolute Gasteiger partial charge is 0.387 e. The summed E-state index contributed by atoms with van der Waals surface area (Å²) in [5.74, 6) is 0. The van der Waals surface area contributed by atoms with Crippen molar-refractivity contribution < 1.29 is 42.7 Å². The third kappa shape index (κ3) is 5.84. The molecule has 1 fully saturated rings. The minimum atomic E-state index is -4.92. The van der Waals surface area contributed by atoms with E-state index in [1.54, 1.807) is 0 Å². The van der Waals surface area contributed by atoms with E-state index in [9.17, 15) is 33.8 Å². The Morgan fingerprint density at radius 1 is 1.12 bits per heavy atom. The van der Waals surface area contributed by atoms with Gasteiger partial charge in [0.1, 0.15) is 18.3 Å². The molecule has 0 amide bonds. The maximum atomic E-state index is 12.9. The standard InChI is InChI=1S/C17H20N2O11P2/c20-13-7-9-19(17(23)18(13)8-6-11-4-2-1-3-5-11)16-15(22)14(21)12(29-16)10-28-32(26,27)30-31(24)25/h1-5,7,9,12,14-16,21-22H,6,8,10H2,(H-,24,25,26,27)/p+1/t12-,14?,15+,16-/m1/s1. The van der Waals surface area contributed by atoms with Crippen LogP contribution in [0.4, 0.5) is 0 Å². The molecule has 0 radical (unpaired) electrons. The lowest BCUT2D eigenvalue weighted by atomic mass is 10.1. The van der Waals surface area contributed by atoms with Crippen molar-refractivity contribution in [3.63, 3.8) is 0 Å². The van der Waals surface area contributed by atoms with E-state index in [1.807, 2.05) is 30.3 Å². The Balaban J connectivity index is 1.76. The van der Waals surface area contributed by atoms with E-state index in [0.717, 1.165) is 27.0 Å². The van der Waals surface area contributed by atoms with Gasteiger partial charge in [0.25, 0.3) is 5.56 Å². The Morgan fingerprint density at radius 3 is 2.47 bits per heavy atom. The van der Waals surface area contributed by atoms with E-state index >= 15 is 0 Å². The van der Waals surface area contributed by atoms with Crippen molar-refractivity contribution in [1.82, 2.24) is 9.13 Å². The van der Waals surface area contributed by atoms with Crippen LogP contribution in [0.1, 0.15) is 11.8 Å². The molecule has 1 aromatic carbocycles. The third-order valence-electron chi connectivity index (χ3n) is 4.75. The topological polar surface area (TPSA) is 187 Å². The summed E-state index contributed by atoms with van der Waals surface area (Å²) < 4.78 is 37.7. The van der Waals surface area contributed by atoms with Crippen molar-refractivity contribution in [2.24, 2.45) is 0 Å². The molecule has 3 rings (SSSR count). The Labute approximate surface area is 181 Å². The normalized spacial score (nSPS) is 25.4. The Hall–Kier alpha value is -2.05. The van der Waals surface area contributed by atoms with Gasteiger partial charge in [-0.15, -0.1) is 4.89 Å². The molecule has 1 aliphatic heterocycles. The van der Waals surface area contributed by atoms with Gasteiger partial charge in [-0.25, -0.2) is 9.36 Å². The monoisotopic (exact) mass is 491 g/mol. The number of aromatic nitrogens is 2. The quantitative estimate of drug-likeness (QED) is 0.336. The fourth-order valence-corrected chi connectivity index (χ4v) is 4.42. The summed E-state index contributed by atoms with van der Waals surface area (Å²) in [6.07, 6.45) is -4.60. The number of phosphoric ester groups is 1. The van der Waals surface area contributed by atoms with Gasteiger partial charge in [-0.05, 0) is 16.3 Å². The molecule has 2 aromatic rings. The van der Waals surface area contributed by atoms with Gasteiger partial charge < -0.3 is 14.9 Å². The SMILES string of the molecule is O=c1ccn([C@@H]2O[C@H](COP(=O)(O)O[P+](=O)O)C(O)[C@@H]2O)c(=O)n1CCc1ccccc1. The van der Waals surface area contributed by atoms with E-state index in [-0.39, 0.29) is 6.54 Å². The molecule has 32 heavy (non-hydrogen) atoms. The van der Waals surface area contributed by atoms with Crippen LogP contribution in [0.5, 0.6) is 0 Å². The summed E-state index contributed by atoms with van der Waals surface area (Å²) in [7, 11) is -8.35. The lowest BCUT2D eigenvalue weighted by Gasteiger charge is -2.18. The fourth-order valence-electron chi connectivity index (χ4n) is 3.19. The van der Waals surface area contributed by atoms with Crippen LogP contribution < -0.4 is 11.2 Å². The molecular weight excluding hydrogens is 470 g/mol. The highest BCUT2D eigenvalue weighted by Gasteiger charge is 2.46. The number of aryl methyl sites for hydroxylation is 1. The second-order valence-corrected chi connectivity index (χ2v) is 9.19. The zero-order valence-electron chi connectivity index (χ0n) is 16.4. The lowest BCUT2D eigenvalue weighted by molar-refractivity contribution is -0.0546. The van der Waals surface area contributed by atoms with E-state index in [0.29, 0.717) is 6.42 Å². The number of hydrogen-bond donors (Lipinski definition) is 4. The highest BCUT2D eigenvalue weighted by molar-refractivity contribution is 7.55. The van der Waals surface area contributed by atoms with Gasteiger partial charge in [-0.2, -0.15) is 0 Å². The summed E-state index contributed by atoms with van der Waals surface area (Å²) in [6, 6.07) is 10.3. The molecule has 1 aromatic heterocycles. The first kappa shape index (κ1) is 24.6. The fraction of sp³-hybridized carbons (Fsp3) is 0.412. The molecular formula is C17H21N2O11P2+. The van der Waals surface area contributed by atoms with Crippen molar-refractivity contribution in [3.05, 3.63) is 69.0 Å². The number of aliphatic hydroxyl groups is 2. The number of rotatable bonds is 9. The van der Waals surface area contributed by atoms with Gasteiger partial charge in [0.2, 0.25) is 0 Å². The van der Waals surface area contributed by atoms with Crippen molar-refractivity contribution in [3.8, 4) is 0 Å². The molecule has 0 spiro atoms. The van der Waals surface area contributed by atoms with E-state index in [1.165, 1.54) is 0 Å². The van der Waals surface area contributed by atoms with Crippen LogP contribution in [0, 0.1) is 0 Å². The number of phosphoric acid groups is 1. The number of hydrogen-bond acceptors (Lipinski definition) is 9. The third-order valence-corrected chi connectivity index (χ3v) is 6.61. The zero-order chi connectivity index (χ0) is 23.5. The molecule has 3 unspecified atom stereocenters.